The minimum Gasteiger partial charge on any atom is -0.497 e. The summed E-state index contributed by atoms with van der Waals surface area (Å²) in [5.74, 6) is 1.54. The molecule has 0 aliphatic heterocycles. The second-order valence-electron chi connectivity index (χ2n) is 6.06. The summed E-state index contributed by atoms with van der Waals surface area (Å²) in [5, 5.41) is 0. The number of methoxy groups -OCH3 is 1. The number of nitrogens with zero attached hydrogens (tertiary/aromatic N) is 2. The smallest absolute Gasteiger partial charge is 0.201 e. The van der Waals surface area contributed by atoms with Crippen molar-refractivity contribution in [2.45, 2.75) is 39.2 Å². The molecule has 25 heavy (non-hydrogen) atoms. The van der Waals surface area contributed by atoms with E-state index in [9.17, 15) is 0 Å². The van der Waals surface area contributed by atoms with Crippen molar-refractivity contribution in [3.05, 3.63) is 53.6 Å². The number of para-hydroxylation sites is 2. The summed E-state index contributed by atoms with van der Waals surface area (Å²) in [6, 6.07) is 14.5. The van der Waals surface area contributed by atoms with Crippen LogP contribution in [-0.4, -0.2) is 16.7 Å². The summed E-state index contributed by atoms with van der Waals surface area (Å²) in [7, 11) is 1.72. The predicted molar refractivity (Wildman–Crippen MR) is 110 cm³/mol. The van der Waals surface area contributed by atoms with Crippen molar-refractivity contribution in [1.29, 1.82) is 0 Å². The number of hydrogen-bond donors (Lipinski definition) is 1. The lowest BCUT2D eigenvalue weighted by Crippen LogP contribution is -2.04. The Bertz CT molecular complexity index is 829. The molecule has 0 spiro atoms. The first-order valence-electron chi connectivity index (χ1n) is 8.59. The molecule has 0 saturated heterocycles. The molecule has 2 N–H and O–H groups in total. The summed E-state index contributed by atoms with van der Waals surface area (Å²) in [5.41, 5.74) is 10.9. The zero-order valence-electron chi connectivity index (χ0n) is 14.9. The fraction of sp³-hybridized carbons (Fsp3) is 0.350. The first-order chi connectivity index (χ1) is 11.7. The van der Waals surface area contributed by atoms with Crippen molar-refractivity contribution in [3.8, 4) is 5.75 Å². The lowest BCUT2D eigenvalue weighted by atomic mass is 9.99. The van der Waals surface area contributed by atoms with Crippen molar-refractivity contribution in [1.82, 2.24) is 9.55 Å². The fourth-order valence-corrected chi connectivity index (χ4v) is 3.22. The predicted octanol–water partition coefficient (Wildman–Crippen LogP) is 4.79. The third kappa shape index (κ3) is 4.34. The van der Waals surface area contributed by atoms with E-state index in [0.717, 1.165) is 49.0 Å². The number of ether oxygens (including phenoxy) is 1. The molecule has 134 valence electrons. The van der Waals surface area contributed by atoms with Gasteiger partial charge in [-0.3, -0.25) is 0 Å². The topological polar surface area (TPSA) is 53.1 Å². The highest BCUT2D eigenvalue weighted by atomic mass is 79.9. The van der Waals surface area contributed by atoms with Crippen LogP contribution in [0.25, 0.3) is 11.0 Å². The normalized spacial score (nSPS) is 10.6. The number of halogens is 1. The average molecular weight is 404 g/mol. The zero-order chi connectivity index (χ0) is 16.9. The Morgan fingerprint density at radius 2 is 1.88 bits per heavy atom. The number of nitrogen functional groups attached to an aromatic ring is 1. The molecule has 1 aromatic heterocycles. The Hall–Kier alpha value is -2.01. The SMILES string of the molecule is Br.CCc1ccc(OC)cc1CCCCn1c(N)nc2ccccc21. The van der Waals surface area contributed by atoms with E-state index in [1.165, 1.54) is 11.1 Å². The van der Waals surface area contributed by atoms with E-state index in [2.05, 4.69) is 34.7 Å². The minimum atomic E-state index is 0. The van der Waals surface area contributed by atoms with E-state index < -0.39 is 0 Å². The van der Waals surface area contributed by atoms with Gasteiger partial charge in [0.15, 0.2) is 0 Å². The molecule has 4 nitrogen and oxygen atoms in total. The number of benzene rings is 2. The molecule has 0 bridgehead atoms. The molecule has 3 aromatic rings. The maximum Gasteiger partial charge on any atom is 0.201 e. The van der Waals surface area contributed by atoms with Crippen molar-refractivity contribution in [3.63, 3.8) is 0 Å². The zero-order valence-corrected chi connectivity index (χ0v) is 16.6. The van der Waals surface area contributed by atoms with E-state index in [1.54, 1.807) is 7.11 Å². The van der Waals surface area contributed by atoms with Gasteiger partial charge >= 0.3 is 0 Å². The van der Waals surface area contributed by atoms with Crippen LogP contribution in [-0.2, 0) is 19.4 Å². The van der Waals surface area contributed by atoms with Gasteiger partial charge in [0, 0.05) is 6.54 Å². The van der Waals surface area contributed by atoms with Gasteiger partial charge in [-0.25, -0.2) is 4.98 Å². The maximum absolute atomic E-state index is 6.07. The van der Waals surface area contributed by atoms with Crippen LogP contribution in [0.4, 0.5) is 5.95 Å². The van der Waals surface area contributed by atoms with Gasteiger partial charge in [0.05, 0.1) is 18.1 Å². The van der Waals surface area contributed by atoms with Crippen molar-refractivity contribution in [2.24, 2.45) is 0 Å². The molecule has 0 atom stereocenters. The van der Waals surface area contributed by atoms with Crippen LogP contribution < -0.4 is 10.5 Å². The highest BCUT2D eigenvalue weighted by molar-refractivity contribution is 8.93. The summed E-state index contributed by atoms with van der Waals surface area (Å²) in [6.07, 6.45) is 4.31. The number of hydrogen-bond acceptors (Lipinski definition) is 3. The molecular weight excluding hydrogens is 378 g/mol. The van der Waals surface area contributed by atoms with Crippen molar-refractivity contribution >= 4 is 34.0 Å². The number of anilines is 1. The molecule has 0 aliphatic rings. The van der Waals surface area contributed by atoms with E-state index >= 15 is 0 Å². The maximum atomic E-state index is 6.07. The second kappa shape index (κ2) is 8.90. The Balaban J connectivity index is 0.00000225. The molecule has 0 fully saturated rings. The second-order valence-corrected chi connectivity index (χ2v) is 6.06. The number of imidazole rings is 1. The number of rotatable bonds is 7. The molecule has 0 aliphatic carbocycles. The molecule has 1 heterocycles. The van der Waals surface area contributed by atoms with Gasteiger partial charge in [-0.1, -0.05) is 25.1 Å². The molecule has 2 aromatic carbocycles. The van der Waals surface area contributed by atoms with Crippen LogP contribution in [0.3, 0.4) is 0 Å². The highest BCUT2D eigenvalue weighted by Crippen LogP contribution is 2.21. The molecular formula is C20H26BrN3O. The van der Waals surface area contributed by atoms with E-state index in [4.69, 9.17) is 10.5 Å². The summed E-state index contributed by atoms with van der Waals surface area (Å²) in [4.78, 5) is 4.42. The van der Waals surface area contributed by atoms with Crippen LogP contribution in [0.1, 0.15) is 30.9 Å². The number of aryl methyl sites for hydroxylation is 3. The largest absolute Gasteiger partial charge is 0.497 e. The van der Waals surface area contributed by atoms with Gasteiger partial charge in [0.1, 0.15) is 5.75 Å². The van der Waals surface area contributed by atoms with Gasteiger partial charge < -0.3 is 15.0 Å². The number of aromatic nitrogens is 2. The van der Waals surface area contributed by atoms with Crippen LogP contribution >= 0.6 is 17.0 Å². The minimum absolute atomic E-state index is 0. The third-order valence-electron chi connectivity index (χ3n) is 4.56. The van der Waals surface area contributed by atoms with Crippen molar-refractivity contribution in [2.75, 3.05) is 12.8 Å². The van der Waals surface area contributed by atoms with E-state index in [1.807, 2.05) is 24.3 Å². The summed E-state index contributed by atoms with van der Waals surface area (Å²) in [6.45, 7) is 3.10. The van der Waals surface area contributed by atoms with E-state index in [0.29, 0.717) is 5.95 Å². The highest BCUT2D eigenvalue weighted by Gasteiger charge is 2.08. The summed E-state index contributed by atoms with van der Waals surface area (Å²) < 4.78 is 7.47. The van der Waals surface area contributed by atoms with Crippen LogP contribution in [0.15, 0.2) is 42.5 Å². The number of fused-ring (bicyclic) bond motifs is 1. The lowest BCUT2D eigenvalue weighted by Gasteiger charge is -2.11. The first kappa shape index (κ1) is 19.3. The standard InChI is InChI=1S/C20H25N3O.BrH/c1-3-15-11-12-17(24-2)14-16(15)8-6-7-13-23-19-10-5-4-9-18(19)22-20(23)21;/h4-5,9-12,14H,3,6-8,13H2,1-2H3,(H2,21,22);1H. The van der Waals surface area contributed by atoms with Gasteiger partial charge in [-0.2, -0.15) is 0 Å². The molecule has 0 radical (unpaired) electrons. The van der Waals surface area contributed by atoms with Crippen molar-refractivity contribution < 1.29 is 4.74 Å². The van der Waals surface area contributed by atoms with Gasteiger partial charge in [-0.15, -0.1) is 17.0 Å². The van der Waals surface area contributed by atoms with Crippen LogP contribution in [0.2, 0.25) is 0 Å². The molecule has 0 saturated carbocycles. The Kier molecular flexibility index (Phi) is 6.88. The fourth-order valence-electron chi connectivity index (χ4n) is 3.22. The Morgan fingerprint density at radius 1 is 1.08 bits per heavy atom. The molecule has 0 unspecified atom stereocenters. The molecule has 3 rings (SSSR count). The molecule has 5 heteroatoms. The number of nitrogens with two attached hydrogens (primary N) is 1. The quantitative estimate of drug-likeness (QED) is 0.576. The van der Waals surface area contributed by atoms with Crippen LogP contribution in [0, 0.1) is 0 Å². The lowest BCUT2D eigenvalue weighted by molar-refractivity contribution is 0.414. The van der Waals surface area contributed by atoms with Gasteiger partial charge in [0.2, 0.25) is 5.95 Å². The van der Waals surface area contributed by atoms with Crippen LogP contribution in [0.5, 0.6) is 5.75 Å². The Labute approximate surface area is 159 Å². The van der Waals surface area contributed by atoms with E-state index in [-0.39, 0.29) is 17.0 Å². The number of unbranched alkanes of at least 4 members (excludes halogenated alkanes) is 1. The Morgan fingerprint density at radius 3 is 2.64 bits per heavy atom. The average Bonchev–Trinajstić information content (AvgIpc) is 2.93. The monoisotopic (exact) mass is 403 g/mol. The summed E-state index contributed by atoms with van der Waals surface area (Å²) >= 11 is 0. The first-order valence-corrected chi connectivity index (χ1v) is 8.59. The van der Waals surface area contributed by atoms with Gasteiger partial charge in [0.25, 0.3) is 0 Å². The molecule has 0 amide bonds. The van der Waals surface area contributed by atoms with Gasteiger partial charge in [-0.05, 0) is 61.1 Å². The third-order valence-corrected chi connectivity index (χ3v) is 4.56.